The molecule has 0 saturated carbocycles. The maximum atomic E-state index is 13.8. The van der Waals surface area contributed by atoms with E-state index in [0.29, 0.717) is 21.6 Å². The van der Waals surface area contributed by atoms with E-state index >= 15 is 0 Å². The minimum absolute atomic E-state index is 0.0132. The van der Waals surface area contributed by atoms with E-state index in [2.05, 4.69) is 10.2 Å². The van der Waals surface area contributed by atoms with Gasteiger partial charge in [-0.3, -0.25) is 0 Å². The number of rotatable bonds is 6. The Hall–Kier alpha value is -3.07. The molecule has 0 spiro atoms. The van der Waals surface area contributed by atoms with Gasteiger partial charge in [-0.25, -0.2) is 0 Å². The fraction of sp³-hybridized carbons (Fsp3) is 0.304. The van der Waals surface area contributed by atoms with Crippen LogP contribution in [0.5, 0.6) is 11.6 Å². The zero-order valence-electron chi connectivity index (χ0n) is 17.0. The molecule has 5 rings (SSSR count). The standard InChI is InChI=1S/C23H20F3N3O2Si/c24-23(25,26)18-12-20(27-28-21(18)30-14-15-7-3-1-4-8-15)29-13-17(11-19-22(29)32-19)31-16-9-5-2-6-10-16/h1-10,12,17,19,22H,11,13-14H2/t17-,19?,22?/m1/s1. The normalized spacial score (nSPS) is 22.2. The number of para-hydroxylation sites is 1. The summed E-state index contributed by atoms with van der Waals surface area (Å²) in [6.07, 6.45) is -3.82. The number of hydrogen-bond acceptors (Lipinski definition) is 5. The van der Waals surface area contributed by atoms with Crippen LogP contribution in [0.25, 0.3) is 0 Å². The van der Waals surface area contributed by atoms with Crippen LogP contribution in [-0.4, -0.2) is 38.0 Å². The van der Waals surface area contributed by atoms with Crippen LogP contribution in [0.2, 0.25) is 5.54 Å². The highest BCUT2D eigenvalue weighted by Gasteiger charge is 2.50. The molecule has 164 valence electrons. The molecular formula is C23H20F3N3O2Si. The van der Waals surface area contributed by atoms with Gasteiger partial charge in [0.05, 0.1) is 16.1 Å². The Kier molecular flexibility index (Phi) is 5.50. The third-order valence-corrected chi connectivity index (χ3v) is 7.17. The Morgan fingerprint density at radius 1 is 1.00 bits per heavy atom. The maximum Gasteiger partial charge on any atom is 0.421 e. The van der Waals surface area contributed by atoms with Crippen LogP contribution in [0.1, 0.15) is 17.5 Å². The average Bonchev–Trinajstić information content (AvgIpc) is 3.57. The van der Waals surface area contributed by atoms with Crippen LogP contribution in [0.15, 0.2) is 66.7 Å². The highest BCUT2D eigenvalue weighted by atomic mass is 28.2. The summed E-state index contributed by atoms with van der Waals surface area (Å²) >= 11 is 0. The van der Waals surface area contributed by atoms with Gasteiger partial charge in [-0.05, 0) is 29.7 Å². The van der Waals surface area contributed by atoms with Gasteiger partial charge in [0.2, 0.25) is 5.88 Å². The Morgan fingerprint density at radius 2 is 1.72 bits per heavy atom. The zero-order chi connectivity index (χ0) is 22.1. The van der Waals surface area contributed by atoms with Crippen molar-refractivity contribution in [3.05, 3.63) is 77.9 Å². The van der Waals surface area contributed by atoms with Gasteiger partial charge in [0.25, 0.3) is 0 Å². The summed E-state index contributed by atoms with van der Waals surface area (Å²) in [7, 11) is 0.658. The summed E-state index contributed by atoms with van der Waals surface area (Å²) in [5, 5.41) is 7.93. The molecule has 2 fully saturated rings. The monoisotopic (exact) mass is 455 g/mol. The molecule has 0 aliphatic carbocycles. The van der Waals surface area contributed by atoms with Crippen molar-refractivity contribution in [2.24, 2.45) is 0 Å². The number of ether oxygens (including phenoxy) is 2. The van der Waals surface area contributed by atoms with Gasteiger partial charge in [0, 0.05) is 11.7 Å². The number of nitrogens with zero attached hydrogens (tertiary/aromatic N) is 3. The fourth-order valence-corrected chi connectivity index (χ4v) is 5.38. The second-order valence-corrected chi connectivity index (χ2v) is 9.52. The molecule has 2 aliphatic heterocycles. The molecule has 1 aromatic heterocycles. The van der Waals surface area contributed by atoms with Gasteiger partial charge in [-0.1, -0.05) is 48.5 Å². The molecule has 9 heteroatoms. The van der Waals surface area contributed by atoms with Crippen LogP contribution in [0.3, 0.4) is 0 Å². The summed E-state index contributed by atoms with van der Waals surface area (Å²) in [4.78, 5) is 1.91. The molecule has 32 heavy (non-hydrogen) atoms. The lowest BCUT2D eigenvalue weighted by molar-refractivity contribution is -0.139. The van der Waals surface area contributed by atoms with Crippen molar-refractivity contribution < 1.29 is 22.6 Å². The summed E-state index contributed by atoms with van der Waals surface area (Å²) in [6, 6.07) is 19.5. The molecule has 0 N–H and O–H groups in total. The number of piperidine rings is 1. The Morgan fingerprint density at radius 3 is 2.44 bits per heavy atom. The summed E-state index contributed by atoms with van der Waals surface area (Å²) in [5.74, 6) is 0.464. The molecule has 3 aromatic rings. The van der Waals surface area contributed by atoms with E-state index in [-0.39, 0.29) is 24.2 Å². The van der Waals surface area contributed by atoms with E-state index in [1.165, 1.54) is 0 Å². The van der Waals surface area contributed by atoms with Crippen LogP contribution < -0.4 is 14.4 Å². The third-order valence-electron chi connectivity index (χ3n) is 5.52. The minimum atomic E-state index is -4.60. The third kappa shape index (κ3) is 4.57. The average molecular weight is 456 g/mol. The summed E-state index contributed by atoms with van der Waals surface area (Å²) in [6.45, 7) is 0.458. The van der Waals surface area contributed by atoms with Crippen molar-refractivity contribution in [1.29, 1.82) is 0 Å². The van der Waals surface area contributed by atoms with Crippen molar-refractivity contribution >= 4 is 15.3 Å². The van der Waals surface area contributed by atoms with Gasteiger partial charge in [0.1, 0.15) is 24.0 Å². The number of benzene rings is 2. The van der Waals surface area contributed by atoms with Crippen molar-refractivity contribution in [3.8, 4) is 11.6 Å². The largest absolute Gasteiger partial charge is 0.489 e. The lowest BCUT2D eigenvalue weighted by Crippen LogP contribution is -2.42. The van der Waals surface area contributed by atoms with Gasteiger partial charge < -0.3 is 14.4 Å². The molecule has 2 saturated heterocycles. The molecule has 2 unspecified atom stereocenters. The Balaban J connectivity index is 1.36. The van der Waals surface area contributed by atoms with Crippen LogP contribution in [0, 0.1) is 0 Å². The van der Waals surface area contributed by atoms with Crippen LogP contribution >= 0.6 is 0 Å². The molecule has 2 radical (unpaired) electrons. The van der Waals surface area contributed by atoms with E-state index in [4.69, 9.17) is 9.47 Å². The number of fused-ring (bicyclic) bond motifs is 1. The van der Waals surface area contributed by atoms with E-state index < -0.39 is 17.6 Å². The van der Waals surface area contributed by atoms with E-state index in [1.807, 2.05) is 41.3 Å². The number of anilines is 1. The number of hydrogen-bond donors (Lipinski definition) is 0. The molecule has 0 bridgehead atoms. The summed E-state index contributed by atoms with van der Waals surface area (Å²) < 4.78 is 52.9. The van der Waals surface area contributed by atoms with Gasteiger partial charge >= 0.3 is 6.18 Å². The first kappa shape index (κ1) is 20.8. The maximum absolute atomic E-state index is 13.8. The van der Waals surface area contributed by atoms with Crippen molar-refractivity contribution in [3.63, 3.8) is 0 Å². The zero-order valence-corrected chi connectivity index (χ0v) is 18.0. The van der Waals surface area contributed by atoms with Crippen LogP contribution in [-0.2, 0) is 12.8 Å². The first-order chi connectivity index (χ1) is 15.5. The second kappa shape index (κ2) is 8.46. The topological polar surface area (TPSA) is 47.5 Å². The predicted octanol–water partition coefficient (Wildman–Crippen LogP) is 4.56. The first-order valence-corrected chi connectivity index (χ1v) is 11.5. The molecule has 2 aliphatic rings. The SMILES string of the molecule is FC(F)(F)c1cc(N2C[C@H](Oc3ccccc3)CC3[Si]C32)nnc1OCc1ccccc1. The highest BCUT2D eigenvalue weighted by molar-refractivity contribution is 6.55. The molecule has 2 aromatic carbocycles. The van der Waals surface area contributed by atoms with Crippen molar-refractivity contribution in [2.75, 3.05) is 11.4 Å². The number of alkyl halides is 3. The lowest BCUT2D eigenvalue weighted by atomic mass is 10.1. The molecule has 3 atom stereocenters. The van der Waals surface area contributed by atoms with E-state index in [0.717, 1.165) is 23.8 Å². The smallest absolute Gasteiger partial charge is 0.421 e. The molecular weight excluding hydrogens is 435 g/mol. The first-order valence-electron chi connectivity index (χ1n) is 10.3. The van der Waals surface area contributed by atoms with E-state index in [9.17, 15) is 13.2 Å². The Bertz CT molecular complexity index is 1070. The van der Waals surface area contributed by atoms with Gasteiger partial charge in [-0.15, -0.1) is 10.2 Å². The molecule has 5 nitrogen and oxygen atoms in total. The highest BCUT2D eigenvalue weighted by Crippen LogP contribution is 2.45. The minimum Gasteiger partial charge on any atom is -0.489 e. The van der Waals surface area contributed by atoms with E-state index in [1.54, 1.807) is 24.3 Å². The quantitative estimate of drug-likeness (QED) is 0.510. The van der Waals surface area contributed by atoms with Gasteiger partial charge in [0.15, 0.2) is 5.82 Å². The fourth-order valence-electron chi connectivity index (χ4n) is 3.92. The summed E-state index contributed by atoms with van der Waals surface area (Å²) in [5.41, 5.74) is 0.468. The Labute approximate surface area is 186 Å². The predicted molar refractivity (Wildman–Crippen MR) is 114 cm³/mol. The van der Waals surface area contributed by atoms with Crippen molar-refractivity contribution in [1.82, 2.24) is 10.2 Å². The van der Waals surface area contributed by atoms with Gasteiger partial charge in [-0.2, -0.15) is 13.2 Å². The van der Waals surface area contributed by atoms with Crippen molar-refractivity contribution in [2.45, 2.75) is 36.5 Å². The second-order valence-electron chi connectivity index (χ2n) is 7.85. The lowest BCUT2D eigenvalue weighted by Gasteiger charge is -2.33. The van der Waals surface area contributed by atoms with Crippen LogP contribution in [0.4, 0.5) is 19.0 Å². The molecule has 3 heterocycles. The number of halogens is 3. The molecule has 0 amide bonds. The number of aromatic nitrogens is 2.